The van der Waals surface area contributed by atoms with Crippen LogP contribution in [0.15, 0.2) is 33.4 Å². The number of fused-ring (bicyclic) bond motifs is 2. The molecule has 1 spiro atoms. The van der Waals surface area contributed by atoms with Crippen LogP contribution in [0.5, 0.6) is 0 Å². The first-order chi connectivity index (χ1) is 16.3. The minimum absolute atomic E-state index is 0.00459. The molecule has 3 heterocycles. The van der Waals surface area contributed by atoms with Crippen molar-refractivity contribution in [1.82, 2.24) is 13.9 Å². The lowest BCUT2D eigenvalue weighted by Crippen LogP contribution is -2.59. The zero-order valence-electron chi connectivity index (χ0n) is 21.3. The third kappa shape index (κ3) is 2.38. The summed E-state index contributed by atoms with van der Waals surface area (Å²) in [7, 11) is 0. The maximum absolute atomic E-state index is 14.1. The van der Waals surface area contributed by atoms with Gasteiger partial charge in [0, 0.05) is 17.4 Å². The molecular weight excluding hydrogens is 422 g/mol. The fourth-order valence-corrected chi connectivity index (χ4v) is 9.70. The highest BCUT2D eigenvalue weighted by Crippen LogP contribution is 2.70. The van der Waals surface area contributed by atoms with Gasteiger partial charge in [0.25, 0.3) is 0 Å². The normalized spacial score (nSPS) is 44.0. The molecule has 0 amide bonds. The molecule has 7 unspecified atom stereocenters. The van der Waals surface area contributed by atoms with Crippen molar-refractivity contribution in [3.05, 3.63) is 44.8 Å². The predicted octanol–water partition coefficient (Wildman–Crippen LogP) is 5.93. The van der Waals surface area contributed by atoms with Crippen molar-refractivity contribution in [3.63, 3.8) is 0 Å². The molecule has 7 aliphatic rings. The van der Waals surface area contributed by atoms with Gasteiger partial charge < -0.3 is 0 Å². The molecule has 1 aromatic rings. The van der Waals surface area contributed by atoms with Gasteiger partial charge in [0.15, 0.2) is 0 Å². The zero-order chi connectivity index (χ0) is 23.5. The Morgan fingerprint density at radius 2 is 1.56 bits per heavy atom. The van der Waals surface area contributed by atoms with E-state index < -0.39 is 0 Å². The topological polar surface area (TPSA) is 48.9 Å². The SMILES string of the molecule is CC1(C)C2CCC1(C)C(n1c(=O)n3n(c1=O)C1C=CC3C3C4=CC31CCCCCCCCC4)C2. The van der Waals surface area contributed by atoms with Crippen LogP contribution in [0, 0.1) is 28.1 Å². The second-order valence-electron chi connectivity index (χ2n) is 13.4. The number of aromatic nitrogens is 3. The molecule has 1 aromatic heterocycles. The first-order valence-electron chi connectivity index (χ1n) is 14.2. The fourth-order valence-electron chi connectivity index (χ4n) is 9.70. The highest BCUT2D eigenvalue weighted by atomic mass is 16.2. The lowest BCUT2D eigenvalue weighted by molar-refractivity contribution is 0.0161. The third-order valence-corrected chi connectivity index (χ3v) is 12.0. The monoisotopic (exact) mass is 463 g/mol. The summed E-state index contributed by atoms with van der Waals surface area (Å²) in [6.45, 7) is 7.08. The van der Waals surface area contributed by atoms with E-state index in [1.807, 2.05) is 9.36 Å². The third-order valence-electron chi connectivity index (χ3n) is 12.0. The molecule has 5 heteroatoms. The number of nitrogens with zero attached hydrogens (tertiary/aromatic N) is 3. The molecule has 0 radical (unpaired) electrons. The molecule has 6 bridgehead atoms. The Hall–Kier alpha value is -1.78. The summed E-state index contributed by atoms with van der Waals surface area (Å²) in [6.07, 6.45) is 21.9. The number of rotatable bonds is 1. The van der Waals surface area contributed by atoms with Crippen LogP contribution in [-0.2, 0) is 0 Å². The predicted molar refractivity (Wildman–Crippen MR) is 134 cm³/mol. The van der Waals surface area contributed by atoms with Gasteiger partial charge in [0.05, 0.1) is 12.1 Å². The van der Waals surface area contributed by atoms with Gasteiger partial charge in [0.2, 0.25) is 0 Å². The van der Waals surface area contributed by atoms with Gasteiger partial charge in [-0.05, 0) is 55.3 Å². The van der Waals surface area contributed by atoms with E-state index >= 15 is 0 Å². The van der Waals surface area contributed by atoms with Crippen molar-refractivity contribution in [2.75, 3.05) is 0 Å². The molecule has 8 rings (SSSR count). The Morgan fingerprint density at radius 3 is 2.26 bits per heavy atom. The maximum Gasteiger partial charge on any atom is 0.348 e. The molecule has 2 aliphatic heterocycles. The van der Waals surface area contributed by atoms with Crippen molar-refractivity contribution in [2.45, 2.75) is 116 Å². The van der Waals surface area contributed by atoms with Crippen LogP contribution in [0.3, 0.4) is 0 Å². The van der Waals surface area contributed by atoms with Crippen LogP contribution in [0.25, 0.3) is 0 Å². The van der Waals surface area contributed by atoms with Crippen molar-refractivity contribution in [3.8, 4) is 0 Å². The Balaban J connectivity index is 1.34. The Bertz CT molecular complexity index is 1210. The summed E-state index contributed by atoms with van der Waals surface area (Å²) in [5, 5.41) is 0. The van der Waals surface area contributed by atoms with Gasteiger partial charge in [0.1, 0.15) is 0 Å². The summed E-state index contributed by atoms with van der Waals surface area (Å²) >= 11 is 0. The van der Waals surface area contributed by atoms with E-state index in [0.29, 0.717) is 11.8 Å². The summed E-state index contributed by atoms with van der Waals surface area (Å²) in [5.41, 5.74) is 1.70. The summed E-state index contributed by atoms with van der Waals surface area (Å²) < 4.78 is 5.53. The van der Waals surface area contributed by atoms with E-state index in [0.717, 1.165) is 19.3 Å². The number of hydrogen-bond acceptors (Lipinski definition) is 2. The molecule has 2 fully saturated rings. The number of allylic oxidation sites excluding steroid dienone is 4. The molecule has 2 saturated carbocycles. The first kappa shape index (κ1) is 21.5. The van der Waals surface area contributed by atoms with Crippen molar-refractivity contribution >= 4 is 0 Å². The molecular formula is C29H41N3O2. The molecule has 5 nitrogen and oxygen atoms in total. The van der Waals surface area contributed by atoms with Gasteiger partial charge in [-0.1, -0.05) is 83.1 Å². The standard InChI is InChI=1S/C29H41N3O2/c1-27(2)20-14-16-28(27,3)23(17-20)30-25(33)31-21-12-13-22(32(31)26(30)34)29-15-10-8-6-4-5-7-9-11-19(18-29)24(21)29/h12-13,18,20-24H,4-11,14-17H2,1-3H3. The van der Waals surface area contributed by atoms with E-state index in [4.69, 9.17) is 0 Å². The Kier molecular flexibility index (Phi) is 4.37. The van der Waals surface area contributed by atoms with E-state index in [1.165, 1.54) is 57.8 Å². The second-order valence-corrected chi connectivity index (χ2v) is 13.4. The minimum Gasteiger partial charge on any atom is -0.246 e. The summed E-state index contributed by atoms with van der Waals surface area (Å²) in [4.78, 5) is 28.2. The maximum atomic E-state index is 14.1. The van der Waals surface area contributed by atoms with Gasteiger partial charge in [-0.2, -0.15) is 0 Å². The van der Waals surface area contributed by atoms with Crippen molar-refractivity contribution in [1.29, 1.82) is 0 Å². The van der Waals surface area contributed by atoms with Crippen LogP contribution < -0.4 is 11.4 Å². The van der Waals surface area contributed by atoms with Gasteiger partial charge in [-0.15, -0.1) is 0 Å². The largest absolute Gasteiger partial charge is 0.348 e. The average Bonchev–Trinajstić information content (AvgIpc) is 3.25. The molecule has 0 aromatic carbocycles. The van der Waals surface area contributed by atoms with Crippen molar-refractivity contribution < 1.29 is 0 Å². The highest BCUT2D eigenvalue weighted by molar-refractivity contribution is 5.40. The Labute approximate surface area is 202 Å². The van der Waals surface area contributed by atoms with E-state index in [-0.39, 0.29) is 45.7 Å². The zero-order valence-corrected chi connectivity index (χ0v) is 21.3. The van der Waals surface area contributed by atoms with E-state index in [1.54, 1.807) is 10.1 Å². The quantitative estimate of drug-likeness (QED) is 0.485. The van der Waals surface area contributed by atoms with Gasteiger partial charge in [-0.25, -0.2) is 23.5 Å². The smallest absolute Gasteiger partial charge is 0.246 e. The summed E-state index contributed by atoms with van der Waals surface area (Å²) in [6, 6.07) is 0.0326. The second kappa shape index (κ2) is 6.91. The average molecular weight is 464 g/mol. The Morgan fingerprint density at radius 1 is 0.853 bits per heavy atom. The first-order valence-corrected chi connectivity index (χ1v) is 14.2. The molecule has 0 N–H and O–H groups in total. The van der Waals surface area contributed by atoms with Crippen LogP contribution in [0.1, 0.15) is 116 Å². The minimum atomic E-state index is -0.0419. The van der Waals surface area contributed by atoms with Crippen LogP contribution in [0.2, 0.25) is 0 Å². The number of hydrogen-bond donors (Lipinski definition) is 0. The van der Waals surface area contributed by atoms with Gasteiger partial charge in [-0.3, -0.25) is 0 Å². The lowest BCUT2D eigenvalue weighted by atomic mass is 9.50. The lowest BCUT2D eigenvalue weighted by Gasteiger charge is -2.60. The van der Waals surface area contributed by atoms with E-state index in [9.17, 15) is 9.59 Å². The highest BCUT2D eigenvalue weighted by Gasteiger charge is 2.64. The summed E-state index contributed by atoms with van der Waals surface area (Å²) in [5.74, 6) is 1.01. The van der Waals surface area contributed by atoms with Crippen LogP contribution >= 0.6 is 0 Å². The molecule has 7 atom stereocenters. The van der Waals surface area contributed by atoms with E-state index in [2.05, 4.69) is 39.0 Å². The molecule has 5 aliphatic carbocycles. The fraction of sp³-hybridized carbons (Fsp3) is 0.793. The van der Waals surface area contributed by atoms with Crippen molar-refractivity contribution in [2.24, 2.45) is 28.1 Å². The molecule has 184 valence electrons. The van der Waals surface area contributed by atoms with Crippen LogP contribution in [-0.4, -0.2) is 13.9 Å². The van der Waals surface area contributed by atoms with Crippen LogP contribution in [0.4, 0.5) is 0 Å². The molecule has 0 saturated heterocycles. The molecule has 34 heavy (non-hydrogen) atoms. The van der Waals surface area contributed by atoms with Gasteiger partial charge >= 0.3 is 11.4 Å².